The van der Waals surface area contributed by atoms with Gasteiger partial charge in [0.2, 0.25) is 0 Å². The molecule has 0 saturated carbocycles. The standard InChI is InChI=1S/C20H15NO5S/c1-26-20(25)17-15(11-16(27-17)12-7-3-2-4-8-12)21-18(22)13-9-5-6-10-14(13)19(23)24/h2-11H,1H3,(H,21,22)(H,23,24). The minimum atomic E-state index is -1.20. The molecule has 0 spiro atoms. The van der Waals surface area contributed by atoms with Gasteiger partial charge in [-0.05, 0) is 23.8 Å². The van der Waals surface area contributed by atoms with Crippen LogP contribution in [0.1, 0.15) is 30.4 Å². The van der Waals surface area contributed by atoms with E-state index in [0.29, 0.717) is 0 Å². The lowest BCUT2D eigenvalue weighted by Crippen LogP contribution is -2.17. The maximum atomic E-state index is 12.6. The molecule has 1 heterocycles. The number of anilines is 1. The number of rotatable bonds is 5. The summed E-state index contributed by atoms with van der Waals surface area (Å²) in [6, 6.07) is 16.9. The quantitative estimate of drug-likeness (QED) is 0.648. The van der Waals surface area contributed by atoms with Gasteiger partial charge in [0, 0.05) is 4.88 Å². The number of ether oxygens (including phenoxy) is 1. The van der Waals surface area contributed by atoms with E-state index in [1.165, 1.54) is 36.6 Å². The molecule has 0 fully saturated rings. The van der Waals surface area contributed by atoms with Crippen molar-refractivity contribution in [2.75, 3.05) is 12.4 Å². The Labute approximate surface area is 159 Å². The number of methoxy groups -OCH3 is 1. The molecule has 0 radical (unpaired) electrons. The van der Waals surface area contributed by atoms with Gasteiger partial charge in [-0.15, -0.1) is 11.3 Å². The highest BCUT2D eigenvalue weighted by Crippen LogP contribution is 2.35. The fourth-order valence-corrected chi connectivity index (χ4v) is 3.57. The van der Waals surface area contributed by atoms with Gasteiger partial charge in [0.25, 0.3) is 5.91 Å². The molecule has 0 bridgehead atoms. The zero-order valence-corrected chi connectivity index (χ0v) is 15.1. The predicted octanol–water partition coefficient (Wildman–Crippen LogP) is 4.15. The summed E-state index contributed by atoms with van der Waals surface area (Å²) in [7, 11) is 1.26. The molecule has 27 heavy (non-hydrogen) atoms. The summed E-state index contributed by atoms with van der Waals surface area (Å²) < 4.78 is 4.80. The van der Waals surface area contributed by atoms with Crippen molar-refractivity contribution in [3.8, 4) is 10.4 Å². The number of amides is 1. The number of carbonyl (C=O) groups is 3. The van der Waals surface area contributed by atoms with Crippen molar-refractivity contribution in [1.82, 2.24) is 0 Å². The van der Waals surface area contributed by atoms with E-state index in [4.69, 9.17) is 4.74 Å². The summed E-state index contributed by atoms with van der Waals surface area (Å²) >= 11 is 1.19. The topological polar surface area (TPSA) is 92.7 Å². The number of hydrogen-bond acceptors (Lipinski definition) is 5. The van der Waals surface area contributed by atoms with Crippen LogP contribution in [0.3, 0.4) is 0 Å². The summed E-state index contributed by atoms with van der Waals surface area (Å²) in [6.07, 6.45) is 0. The number of carboxylic acid groups (broad SMARTS) is 1. The lowest BCUT2D eigenvalue weighted by atomic mass is 10.1. The minimum Gasteiger partial charge on any atom is -0.478 e. The molecule has 0 atom stereocenters. The second kappa shape index (κ2) is 7.84. The summed E-state index contributed by atoms with van der Waals surface area (Å²) in [5.41, 5.74) is 1.05. The number of aromatic carboxylic acids is 1. The van der Waals surface area contributed by atoms with Crippen LogP contribution in [0.25, 0.3) is 10.4 Å². The Hall–Kier alpha value is -3.45. The number of benzene rings is 2. The maximum absolute atomic E-state index is 12.6. The molecule has 0 saturated heterocycles. The second-order valence-corrected chi connectivity index (χ2v) is 6.57. The van der Waals surface area contributed by atoms with Crippen LogP contribution in [-0.4, -0.2) is 30.1 Å². The highest BCUT2D eigenvalue weighted by Gasteiger charge is 2.22. The van der Waals surface area contributed by atoms with Crippen molar-refractivity contribution < 1.29 is 24.2 Å². The molecular weight excluding hydrogens is 366 g/mol. The first kappa shape index (κ1) is 18.3. The zero-order chi connectivity index (χ0) is 19.4. The van der Waals surface area contributed by atoms with Gasteiger partial charge < -0.3 is 15.2 Å². The number of hydrogen-bond donors (Lipinski definition) is 2. The van der Waals surface area contributed by atoms with Crippen LogP contribution in [-0.2, 0) is 4.74 Å². The van der Waals surface area contributed by atoms with E-state index in [1.54, 1.807) is 12.1 Å². The first-order chi connectivity index (χ1) is 13.0. The molecule has 0 aliphatic rings. The van der Waals surface area contributed by atoms with Crippen molar-refractivity contribution in [2.24, 2.45) is 0 Å². The summed E-state index contributed by atoms with van der Waals surface area (Å²) in [6.45, 7) is 0. The van der Waals surface area contributed by atoms with Crippen LogP contribution in [0.4, 0.5) is 5.69 Å². The highest BCUT2D eigenvalue weighted by atomic mass is 32.1. The van der Waals surface area contributed by atoms with Gasteiger partial charge in [0.05, 0.1) is 23.9 Å². The Kier molecular flexibility index (Phi) is 5.33. The smallest absolute Gasteiger partial charge is 0.350 e. The molecule has 3 aromatic rings. The fourth-order valence-electron chi connectivity index (χ4n) is 2.53. The van der Waals surface area contributed by atoms with Gasteiger partial charge in [-0.3, -0.25) is 4.79 Å². The second-order valence-electron chi connectivity index (χ2n) is 5.52. The molecule has 1 aromatic heterocycles. The van der Waals surface area contributed by atoms with E-state index in [2.05, 4.69) is 5.32 Å². The van der Waals surface area contributed by atoms with Gasteiger partial charge in [0.15, 0.2) is 0 Å². The van der Waals surface area contributed by atoms with E-state index >= 15 is 0 Å². The van der Waals surface area contributed by atoms with E-state index in [9.17, 15) is 19.5 Å². The monoisotopic (exact) mass is 381 g/mol. The van der Waals surface area contributed by atoms with Crippen molar-refractivity contribution in [3.63, 3.8) is 0 Å². The highest BCUT2D eigenvalue weighted by molar-refractivity contribution is 7.18. The summed E-state index contributed by atoms with van der Waals surface area (Å²) in [5.74, 6) is -2.40. The Morgan fingerprint density at radius 3 is 2.22 bits per heavy atom. The molecule has 1 amide bonds. The SMILES string of the molecule is COC(=O)c1sc(-c2ccccc2)cc1NC(=O)c1ccccc1C(=O)O. The van der Waals surface area contributed by atoms with Crippen LogP contribution in [0.15, 0.2) is 60.7 Å². The largest absolute Gasteiger partial charge is 0.478 e. The molecule has 7 heteroatoms. The third-order valence-electron chi connectivity index (χ3n) is 3.81. The van der Waals surface area contributed by atoms with Crippen LogP contribution in [0.5, 0.6) is 0 Å². The number of carbonyl (C=O) groups excluding carboxylic acids is 2. The average molecular weight is 381 g/mol. The number of esters is 1. The number of carboxylic acids is 1. The lowest BCUT2D eigenvalue weighted by molar-refractivity contribution is 0.0606. The molecule has 3 rings (SSSR count). The average Bonchev–Trinajstić information content (AvgIpc) is 3.11. The third kappa shape index (κ3) is 3.88. The first-order valence-corrected chi connectivity index (χ1v) is 8.74. The molecule has 0 aliphatic carbocycles. The van der Waals surface area contributed by atoms with Crippen LogP contribution >= 0.6 is 11.3 Å². The third-order valence-corrected chi connectivity index (χ3v) is 4.98. The van der Waals surface area contributed by atoms with Crippen molar-refractivity contribution in [1.29, 1.82) is 0 Å². The summed E-state index contributed by atoms with van der Waals surface area (Å²) in [5, 5.41) is 11.9. The van der Waals surface area contributed by atoms with E-state index in [0.717, 1.165) is 10.4 Å². The lowest BCUT2D eigenvalue weighted by Gasteiger charge is -2.07. The van der Waals surface area contributed by atoms with Gasteiger partial charge in [0.1, 0.15) is 4.88 Å². The van der Waals surface area contributed by atoms with Crippen LogP contribution < -0.4 is 5.32 Å². The van der Waals surface area contributed by atoms with Crippen molar-refractivity contribution >= 4 is 34.9 Å². The molecule has 6 nitrogen and oxygen atoms in total. The van der Waals surface area contributed by atoms with Gasteiger partial charge in [-0.2, -0.15) is 0 Å². The molecular formula is C20H15NO5S. The van der Waals surface area contributed by atoms with Crippen molar-refractivity contribution in [2.45, 2.75) is 0 Å². The van der Waals surface area contributed by atoms with E-state index < -0.39 is 17.8 Å². The van der Waals surface area contributed by atoms with Crippen LogP contribution in [0, 0.1) is 0 Å². The van der Waals surface area contributed by atoms with Gasteiger partial charge in [-0.25, -0.2) is 9.59 Å². The molecule has 0 unspecified atom stereocenters. The Bertz CT molecular complexity index is 1010. The molecule has 0 aliphatic heterocycles. The molecule has 2 N–H and O–H groups in total. The normalized spacial score (nSPS) is 10.3. The van der Waals surface area contributed by atoms with E-state index in [-0.39, 0.29) is 21.7 Å². The Balaban J connectivity index is 1.99. The van der Waals surface area contributed by atoms with Crippen LogP contribution in [0.2, 0.25) is 0 Å². The summed E-state index contributed by atoms with van der Waals surface area (Å²) in [4.78, 5) is 37.1. The predicted molar refractivity (Wildman–Crippen MR) is 102 cm³/mol. The first-order valence-electron chi connectivity index (χ1n) is 7.92. The Morgan fingerprint density at radius 2 is 1.59 bits per heavy atom. The maximum Gasteiger partial charge on any atom is 0.350 e. The number of nitrogens with one attached hydrogen (secondary N) is 1. The van der Waals surface area contributed by atoms with Crippen molar-refractivity contribution in [3.05, 3.63) is 76.7 Å². The molecule has 136 valence electrons. The molecule has 2 aromatic carbocycles. The van der Waals surface area contributed by atoms with Gasteiger partial charge in [-0.1, -0.05) is 42.5 Å². The fraction of sp³-hybridized carbons (Fsp3) is 0.0500. The zero-order valence-electron chi connectivity index (χ0n) is 14.3. The van der Waals surface area contributed by atoms with E-state index in [1.807, 2.05) is 30.3 Å². The number of thiophene rings is 1. The Morgan fingerprint density at radius 1 is 0.963 bits per heavy atom. The van der Waals surface area contributed by atoms with Gasteiger partial charge >= 0.3 is 11.9 Å². The minimum absolute atomic E-state index is 0.00766.